The fourth-order valence-corrected chi connectivity index (χ4v) is 3.53. The van der Waals surface area contributed by atoms with Gasteiger partial charge in [0.2, 0.25) is 0 Å². The van der Waals surface area contributed by atoms with E-state index in [4.69, 9.17) is 0 Å². The Hall–Kier alpha value is -1.61. The first-order chi connectivity index (χ1) is 10.2. The summed E-state index contributed by atoms with van der Waals surface area (Å²) in [5.74, 6) is 0.537. The molecule has 3 nitrogen and oxygen atoms in total. The lowest BCUT2D eigenvalue weighted by atomic mass is 9.79. The van der Waals surface area contributed by atoms with Gasteiger partial charge in [-0.05, 0) is 43.5 Å². The Bertz CT molecular complexity index is 563. The summed E-state index contributed by atoms with van der Waals surface area (Å²) in [4.78, 5) is 0. The molecule has 1 aliphatic rings. The zero-order valence-corrected chi connectivity index (χ0v) is 13.0. The molecule has 1 N–H and O–H groups in total. The van der Waals surface area contributed by atoms with Crippen LogP contribution in [0.2, 0.25) is 0 Å². The Morgan fingerprint density at radius 2 is 1.90 bits per heavy atom. The van der Waals surface area contributed by atoms with Crippen molar-refractivity contribution in [2.75, 3.05) is 6.54 Å². The Morgan fingerprint density at radius 1 is 1.10 bits per heavy atom. The first kappa shape index (κ1) is 14.3. The van der Waals surface area contributed by atoms with Crippen molar-refractivity contribution < 1.29 is 0 Å². The molecule has 0 bridgehead atoms. The van der Waals surface area contributed by atoms with Gasteiger partial charge in [0.1, 0.15) is 0 Å². The van der Waals surface area contributed by atoms with Gasteiger partial charge in [-0.3, -0.25) is 0 Å². The number of benzene rings is 1. The third kappa shape index (κ3) is 2.62. The number of nitrogens with one attached hydrogen (secondary N) is 1. The molecule has 2 aromatic rings. The van der Waals surface area contributed by atoms with Gasteiger partial charge >= 0.3 is 0 Å². The van der Waals surface area contributed by atoms with Crippen molar-refractivity contribution in [1.82, 2.24) is 15.1 Å². The SMILES string of the molecule is CC(C)C1(c2ccnn2-c2ccccc2)CCCCCN1. The smallest absolute Gasteiger partial charge is 0.0649 e. The molecule has 1 saturated heterocycles. The van der Waals surface area contributed by atoms with Crippen molar-refractivity contribution in [2.45, 2.75) is 45.1 Å². The maximum Gasteiger partial charge on any atom is 0.0649 e. The van der Waals surface area contributed by atoms with Crippen LogP contribution in [0.5, 0.6) is 0 Å². The van der Waals surface area contributed by atoms with Crippen LogP contribution in [0.25, 0.3) is 5.69 Å². The number of hydrogen-bond acceptors (Lipinski definition) is 2. The topological polar surface area (TPSA) is 29.9 Å². The van der Waals surface area contributed by atoms with Crippen LogP contribution in [0.3, 0.4) is 0 Å². The highest BCUT2D eigenvalue weighted by molar-refractivity contribution is 5.34. The Kier molecular flexibility index (Phi) is 4.11. The highest BCUT2D eigenvalue weighted by Gasteiger charge is 2.38. The maximum absolute atomic E-state index is 4.60. The molecule has 3 rings (SSSR count). The fraction of sp³-hybridized carbons (Fsp3) is 0.500. The molecule has 3 heteroatoms. The summed E-state index contributed by atoms with van der Waals surface area (Å²) in [5, 5.41) is 8.44. The molecule has 21 heavy (non-hydrogen) atoms. The van der Waals surface area contributed by atoms with E-state index in [1.165, 1.54) is 31.4 Å². The summed E-state index contributed by atoms with van der Waals surface area (Å²) in [5.41, 5.74) is 2.47. The second-order valence-electron chi connectivity index (χ2n) is 6.33. The zero-order valence-electron chi connectivity index (χ0n) is 13.0. The molecule has 1 fully saturated rings. The quantitative estimate of drug-likeness (QED) is 0.926. The normalized spacial score (nSPS) is 23.2. The fourth-order valence-electron chi connectivity index (χ4n) is 3.53. The lowest BCUT2D eigenvalue weighted by molar-refractivity contribution is 0.219. The van der Waals surface area contributed by atoms with Gasteiger partial charge in [-0.2, -0.15) is 5.10 Å². The summed E-state index contributed by atoms with van der Waals surface area (Å²) >= 11 is 0. The molecule has 0 radical (unpaired) electrons. The number of hydrogen-bond donors (Lipinski definition) is 1. The molecule has 1 aliphatic heterocycles. The van der Waals surface area contributed by atoms with Crippen LogP contribution in [0.1, 0.15) is 45.2 Å². The minimum absolute atomic E-state index is 0.0306. The molecule has 0 spiro atoms. The Balaban J connectivity index is 2.07. The first-order valence-electron chi connectivity index (χ1n) is 8.09. The lowest BCUT2D eigenvalue weighted by Gasteiger charge is -2.38. The van der Waals surface area contributed by atoms with Crippen LogP contribution in [-0.2, 0) is 5.54 Å². The minimum atomic E-state index is 0.0306. The van der Waals surface area contributed by atoms with Gasteiger partial charge in [-0.1, -0.05) is 44.9 Å². The highest BCUT2D eigenvalue weighted by Crippen LogP contribution is 2.37. The number of nitrogens with zero attached hydrogens (tertiary/aromatic N) is 2. The van der Waals surface area contributed by atoms with E-state index >= 15 is 0 Å². The van der Waals surface area contributed by atoms with Gasteiger partial charge in [0.25, 0.3) is 0 Å². The Morgan fingerprint density at radius 3 is 2.67 bits per heavy atom. The van der Waals surface area contributed by atoms with Gasteiger partial charge in [0.05, 0.1) is 16.9 Å². The number of aromatic nitrogens is 2. The van der Waals surface area contributed by atoms with Crippen molar-refractivity contribution in [1.29, 1.82) is 0 Å². The van der Waals surface area contributed by atoms with E-state index in [9.17, 15) is 0 Å². The molecule has 112 valence electrons. The standard InChI is InChI=1S/C18H25N3/c1-15(2)18(12-7-4-8-13-19-18)17-11-14-20-21(17)16-9-5-3-6-10-16/h3,5-6,9-11,14-15,19H,4,7-8,12-13H2,1-2H3. The van der Waals surface area contributed by atoms with Crippen LogP contribution < -0.4 is 5.32 Å². The number of para-hydroxylation sites is 1. The number of rotatable bonds is 3. The molecule has 0 amide bonds. The van der Waals surface area contributed by atoms with E-state index < -0.39 is 0 Å². The monoisotopic (exact) mass is 283 g/mol. The van der Waals surface area contributed by atoms with Gasteiger partial charge in [0.15, 0.2) is 0 Å². The van der Waals surface area contributed by atoms with E-state index in [0.717, 1.165) is 12.2 Å². The molecular formula is C18H25N3. The summed E-state index contributed by atoms with van der Waals surface area (Å²) in [6, 6.07) is 12.6. The van der Waals surface area contributed by atoms with Crippen molar-refractivity contribution in [3.63, 3.8) is 0 Å². The highest BCUT2D eigenvalue weighted by atomic mass is 15.3. The molecule has 1 aromatic heterocycles. The Labute approximate surface area is 127 Å². The average molecular weight is 283 g/mol. The van der Waals surface area contributed by atoms with Crippen LogP contribution >= 0.6 is 0 Å². The lowest BCUT2D eigenvalue weighted by Crippen LogP contribution is -2.47. The largest absolute Gasteiger partial charge is 0.306 e. The van der Waals surface area contributed by atoms with Gasteiger partial charge in [-0.15, -0.1) is 0 Å². The molecule has 1 atom stereocenters. The molecule has 1 aromatic carbocycles. The average Bonchev–Trinajstić information content (AvgIpc) is 2.86. The van der Waals surface area contributed by atoms with E-state index in [0.29, 0.717) is 5.92 Å². The third-order valence-electron chi connectivity index (χ3n) is 4.77. The van der Waals surface area contributed by atoms with Crippen molar-refractivity contribution in [3.05, 3.63) is 48.3 Å². The second kappa shape index (κ2) is 6.02. The second-order valence-corrected chi connectivity index (χ2v) is 6.33. The van der Waals surface area contributed by atoms with Crippen LogP contribution in [0.15, 0.2) is 42.6 Å². The molecule has 1 unspecified atom stereocenters. The van der Waals surface area contributed by atoms with Crippen LogP contribution in [0.4, 0.5) is 0 Å². The zero-order chi connectivity index (χ0) is 14.7. The summed E-state index contributed by atoms with van der Waals surface area (Å²) in [6.45, 7) is 5.74. The van der Waals surface area contributed by atoms with Crippen molar-refractivity contribution >= 4 is 0 Å². The summed E-state index contributed by atoms with van der Waals surface area (Å²) in [6.07, 6.45) is 6.99. The van der Waals surface area contributed by atoms with Gasteiger partial charge < -0.3 is 5.32 Å². The maximum atomic E-state index is 4.60. The van der Waals surface area contributed by atoms with E-state index in [1.54, 1.807) is 0 Å². The summed E-state index contributed by atoms with van der Waals surface area (Å²) < 4.78 is 2.11. The molecular weight excluding hydrogens is 258 g/mol. The minimum Gasteiger partial charge on any atom is -0.306 e. The van der Waals surface area contributed by atoms with Crippen molar-refractivity contribution in [3.8, 4) is 5.69 Å². The molecule has 0 saturated carbocycles. The van der Waals surface area contributed by atoms with Crippen LogP contribution in [0, 0.1) is 5.92 Å². The third-order valence-corrected chi connectivity index (χ3v) is 4.77. The van der Waals surface area contributed by atoms with Gasteiger partial charge in [-0.25, -0.2) is 4.68 Å². The van der Waals surface area contributed by atoms with E-state index in [1.807, 2.05) is 6.20 Å². The first-order valence-corrected chi connectivity index (χ1v) is 8.09. The predicted molar refractivity (Wildman–Crippen MR) is 86.6 cm³/mol. The summed E-state index contributed by atoms with van der Waals surface area (Å²) in [7, 11) is 0. The van der Waals surface area contributed by atoms with E-state index in [-0.39, 0.29) is 5.54 Å². The van der Waals surface area contributed by atoms with Gasteiger partial charge in [0, 0.05) is 6.20 Å². The molecule has 0 aliphatic carbocycles. The van der Waals surface area contributed by atoms with E-state index in [2.05, 4.69) is 65.3 Å². The predicted octanol–water partition coefficient (Wildman–Crippen LogP) is 3.89. The van der Waals surface area contributed by atoms with Crippen molar-refractivity contribution in [2.24, 2.45) is 5.92 Å². The molecule has 2 heterocycles. The van der Waals surface area contributed by atoms with Crippen LogP contribution in [-0.4, -0.2) is 16.3 Å².